The maximum absolute atomic E-state index is 11.2. The second-order valence-electron chi connectivity index (χ2n) is 4.73. The standard InChI is InChI=1S/C14H18ClNO2S/c1-2-19-11-5-4-10(8-11)16-13-7-9(15)3-6-12(13)14(17)18/h3,6-7,10-11,16H,2,4-5,8H2,1H3,(H,17,18). The van der Waals surface area contributed by atoms with E-state index in [0.29, 0.717) is 22.0 Å². The minimum atomic E-state index is -0.920. The number of thioether (sulfide) groups is 1. The summed E-state index contributed by atoms with van der Waals surface area (Å²) in [7, 11) is 0. The van der Waals surface area contributed by atoms with Gasteiger partial charge in [0.05, 0.1) is 11.3 Å². The molecular formula is C14H18ClNO2S. The van der Waals surface area contributed by atoms with E-state index in [2.05, 4.69) is 12.2 Å². The minimum absolute atomic E-state index is 0.288. The topological polar surface area (TPSA) is 49.3 Å². The van der Waals surface area contributed by atoms with Crippen molar-refractivity contribution in [2.24, 2.45) is 0 Å². The van der Waals surface area contributed by atoms with Crippen molar-refractivity contribution in [2.45, 2.75) is 37.5 Å². The highest BCUT2D eigenvalue weighted by molar-refractivity contribution is 7.99. The number of aromatic carboxylic acids is 1. The number of anilines is 1. The smallest absolute Gasteiger partial charge is 0.337 e. The van der Waals surface area contributed by atoms with Crippen molar-refractivity contribution in [3.05, 3.63) is 28.8 Å². The second-order valence-corrected chi connectivity index (χ2v) is 6.74. The van der Waals surface area contributed by atoms with E-state index in [0.717, 1.165) is 18.6 Å². The molecule has 2 unspecified atom stereocenters. The van der Waals surface area contributed by atoms with E-state index >= 15 is 0 Å². The number of rotatable bonds is 5. The number of carboxylic acid groups (broad SMARTS) is 1. The zero-order valence-corrected chi connectivity index (χ0v) is 12.4. The first-order valence-electron chi connectivity index (χ1n) is 6.51. The van der Waals surface area contributed by atoms with E-state index in [9.17, 15) is 9.90 Å². The second kappa shape index (κ2) is 6.53. The Kier molecular flexibility index (Phi) is 4.99. The van der Waals surface area contributed by atoms with E-state index in [1.54, 1.807) is 18.2 Å². The highest BCUT2D eigenvalue weighted by atomic mass is 35.5. The van der Waals surface area contributed by atoms with E-state index in [1.807, 2.05) is 11.8 Å². The van der Waals surface area contributed by atoms with Crippen LogP contribution in [0.25, 0.3) is 0 Å². The lowest BCUT2D eigenvalue weighted by molar-refractivity contribution is 0.0698. The van der Waals surface area contributed by atoms with Crippen LogP contribution in [0, 0.1) is 0 Å². The molecule has 0 bridgehead atoms. The summed E-state index contributed by atoms with van der Waals surface area (Å²) in [6, 6.07) is 5.21. The average molecular weight is 300 g/mol. The predicted octanol–water partition coefficient (Wildman–Crippen LogP) is 4.12. The Balaban J connectivity index is 2.07. The van der Waals surface area contributed by atoms with Crippen LogP contribution in [0.4, 0.5) is 5.69 Å². The normalized spacial score (nSPS) is 22.4. The number of halogens is 1. The van der Waals surface area contributed by atoms with Crippen molar-refractivity contribution >= 4 is 35.0 Å². The zero-order chi connectivity index (χ0) is 13.8. The third-order valence-corrected chi connectivity index (χ3v) is 4.83. The van der Waals surface area contributed by atoms with Gasteiger partial charge in [0.25, 0.3) is 0 Å². The SMILES string of the molecule is CCSC1CCC(Nc2cc(Cl)ccc2C(=O)O)C1. The summed E-state index contributed by atoms with van der Waals surface area (Å²) < 4.78 is 0. The fourth-order valence-corrected chi connectivity index (χ4v) is 3.82. The maximum Gasteiger partial charge on any atom is 0.337 e. The molecule has 0 spiro atoms. The summed E-state index contributed by atoms with van der Waals surface area (Å²) in [4.78, 5) is 11.2. The van der Waals surface area contributed by atoms with Gasteiger partial charge in [-0.3, -0.25) is 0 Å². The molecule has 104 valence electrons. The molecule has 1 aliphatic rings. The zero-order valence-electron chi connectivity index (χ0n) is 10.9. The Labute approximate surface area is 122 Å². The summed E-state index contributed by atoms with van der Waals surface area (Å²) in [5.41, 5.74) is 0.920. The Morgan fingerprint density at radius 2 is 2.32 bits per heavy atom. The van der Waals surface area contributed by atoms with Crippen molar-refractivity contribution in [3.63, 3.8) is 0 Å². The molecule has 3 nitrogen and oxygen atoms in total. The van der Waals surface area contributed by atoms with Crippen molar-refractivity contribution in [1.82, 2.24) is 0 Å². The molecule has 0 aliphatic heterocycles. The van der Waals surface area contributed by atoms with Crippen molar-refractivity contribution in [1.29, 1.82) is 0 Å². The fraction of sp³-hybridized carbons (Fsp3) is 0.500. The van der Waals surface area contributed by atoms with Crippen LogP contribution in [0.2, 0.25) is 5.02 Å². The molecule has 0 aromatic heterocycles. The predicted molar refractivity (Wildman–Crippen MR) is 81.6 cm³/mol. The van der Waals surface area contributed by atoms with Crippen molar-refractivity contribution < 1.29 is 9.90 Å². The Morgan fingerprint density at radius 3 is 3.00 bits per heavy atom. The van der Waals surface area contributed by atoms with E-state index in [4.69, 9.17) is 11.6 Å². The molecular weight excluding hydrogens is 282 g/mol. The molecule has 5 heteroatoms. The molecule has 2 N–H and O–H groups in total. The van der Waals surface area contributed by atoms with Crippen LogP contribution in [-0.2, 0) is 0 Å². The van der Waals surface area contributed by atoms with E-state index in [1.165, 1.54) is 6.42 Å². The molecule has 1 aliphatic carbocycles. The number of carbonyl (C=O) groups is 1. The van der Waals surface area contributed by atoms with Crippen LogP contribution in [0.1, 0.15) is 36.5 Å². The summed E-state index contributed by atoms with van der Waals surface area (Å²) in [5.74, 6) is 0.214. The number of hydrogen-bond acceptors (Lipinski definition) is 3. The highest BCUT2D eigenvalue weighted by Crippen LogP contribution is 2.32. The van der Waals surface area contributed by atoms with E-state index in [-0.39, 0.29) is 5.56 Å². The summed E-state index contributed by atoms with van der Waals surface area (Å²) in [6.45, 7) is 2.17. The van der Waals surface area contributed by atoms with Crippen molar-refractivity contribution in [3.8, 4) is 0 Å². The molecule has 1 aromatic carbocycles. The van der Waals surface area contributed by atoms with E-state index < -0.39 is 5.97 Å². The molecule has 0 saturated heterocycles. The van der Waals surface area contributed by atoms with Gasteiger partial charge in [-0.2, -0.15) is 11.8 Å². The van der Waals surface area contributed by atoms with Gasteiger partial charge in [0.15, 0.2) is 0 Å². The minimum Gasteiger partial charge on any atom is -0.478 e. The van der Waals surface area contributed by atoms with Crippen molar-refractivity contribution in [2.75, 3.05) is 11.1 Å². The maximum atomic E-state index is 11.2. The monoisotopic (exact) mass is 299 g/mol. The quantitative estimate of drug-likeness (QED) is 0.858. The molecule has 1 aromatic rings. The third kappa shape index (κ3) is 3.80. The summed E-state index contributed by atoms with van der Waals surface area (Å²) in [6.07, 6.45) is 3.37. The van der Waals surface area contributed by atoms with Crippen LogP contribution < -0.4 is 5.32 Å². The number of carboxylic acids is 1. The van der Waals surface area contributed by atoms with Crippen LogP contribution in [0.5, 0.6) is 0 Å². The van der Waals surface area contributed by atoms with Gasteiger partial charge in [-0.25, -0.2) is 4.79 Å². The number of benzene rings is 1. The van der Waals surface area contributed by atoms with Gasteiger partial charge in [-0.05, 0) is 43.2 Å². The van der Waals surface area contributed by atoms with Gasteiger partial charge in [0, 0.05) is 16.3 Å². The molecule has 2 atom stereocenters. The first-order chi connectivity index (χ1) is 9.10. The molecule has 0 amide bonds. The first kappa shape index (κ1) is 14.5. The lowest BCUT2D eigenvalue weighted by Gasteiger charge is -2.16. The van der Waals surface area contributed by atoms with Gasteiger partial charge < -0.3 is 10.4 Å². The Hall–Kier alpha value is -0.870. The molecule has 1 fully saturated rings. The highest BCUT2D eigenvalue weighted by Gasteiger charge is 2.25. The van der Waals surface area contributed by atoms with Gasteiger partial charge in [0.1, 0.15) is 0 Å². The molecule has 0 heterocycles. The van der Waals surface area contributed by atoms with Crippen LogP contribution >= 0.6 is 23.4 Å². The fourth-order valence-electron chi connectivity index (χ4n) is 2.50. The van der Waals surface area contributed by atoms with Gasteiger partial charge in [0.2, 0.25) is 0 Å². The summed E-state index contributed by atoms with van der Waals surface area (Å²) >= 11 is 7.93. The molecule has 2 rings (SSSR count). The summed E-state index contributed by atoms with van der Waals surface area (Å²) in [5, 5.41) is 13.8. The number of nitrogens with one attached hydrogen (secondary N) is 1. The third-order valence-electron chi connectivity index (χ3n) is 3.36. The van der Waals surface area contributed by atoms with Crippen LogP contribution in [-0.4, -0.2) is 28.1 Å². The Bertz CT molecular complexity index is 467. The van der Waals surface area contributed by atoms with Gasteiger partial charge in [-0.1, -0.05) is 18.5 Å². The van der Waals surface area contributed by atoms with Gasteiger partial charge >= 0.3 is 5.97 Å². The Morgan fingerprint density at radius 1 is 1.53 bits per heavy atom. The van der Waals surface area contributed by atoms with Crippen LogP contribution in [0.15, 0.2) is 18.2 Å². The van der Waals surface area contributed by atoms with Gasteiger partial charge in [-0.15, -0.1) is 0 Å². The first-order valence-corrected chi connectivity index (χ1v) is 7.93. The lowest BCUT2D eigenvalue weighted by Crippen LogP contribution is -2.18. The van der Waals surface area contributed by atoms with Crippen LogP contribution in [0.3, 0.4) is 0 Å². The molecule has 19 heavy (non-hydrogen) atoms. The number of hydrogen-bond donors (Lipinski definition) is 2. The molecule has 1 saturated carbocycles. The average Bonchev–Trinajstić information content (AvgIpc) is 2.77. The lowest BCUT2D eigenvalue weighted by atomic mass is 10.1. The largest absolute Gasteiger partial charge is 0.478 e. The molecule has 0 radical (unpaired) electrons.